The first-order valence-electron chi connectivity index (χ1n) is 6.17. The summed E-state index contributed by atoms with van der Waals surface area (Å²) in [4.78, 5) is 13.6. The minimum absolute atomic E-state index is 0. The molecular formula is C14H23ClN2O2. The second-order valence-corrected chi connectivity index (χ2v) is 4.44. The van der Waals surface area contributed by atoms with Gasteiger partial charge < -0.3 is 15.4 Å². The highest BCUT2D eigenvalue weighted by Gasteiger charge is 2.13. The van der Waals surface area contributed by atoms with E-state index in [2.05, 4.69) is 0 Å². The Kier molecular flexibility index (Phi) is 8.19. The molecule has 0 bridgehead atoms. The van der Waals surface area contributed by atoms with Crippen LogP contribution in [0.15, 0.2) is 24.3 Å². The fraction of sp³-hybridized carbons (Fsp3) is 0.500. The number of hydrogen-bond donors (Lipinski definition) is 1. The minimum atomic E-state index is 0. The van der Waals surface area contributed by atoms with Crippen LogP contribution in [-0.4, -0.2) is 37.6 Å². The van der Waals surface area contributed by atoms with Crippen molar-refractivity contribution in [2.75, 3.05) is 20.7 Å². The van der Waals surface area contributed by atoms with Gasteiger partial charge in [0.05, 0.1) is 7.11 Å². The summed E-state index contributed by atoms with van der Waals surface area (Å²) in [6, 6.07) is 7.88. The van der Waals surface area contributed by atoms with E-state index in [-0.39, 0.29) is 24.4 Å². The SMILES string of the molecule is COc1ccc(CCC(=O)N(C)C(C)CN)cc1.Cl. The first-order valence-corrected chi connectivity index (χ1v) is 6.17. The van der Waals surface area contributed by atoms with E-state index < -0.39 is 0 Å². The molecule has 1 aromatic rings. The molecule has 1 unspecified atom stereocenters. The first kappa shape index (κ1) is 17.7. The van der Waals surface area contributed by atoms with Gasteiger partial charge in [-0.05, 0) is 31.0 Å². The zero-order valence-corrected chi connectivity index (χ0v) is 12.6. The fourth-order valence-electron chi connectivity index (χ4n) is 1.62. The van der Waals surface area contributed by atoms with E-state index in [4.69, 9.17) is 10.5 Å². The number of carbonyl (C=O) groups is 1. The highest BCUT2D eigenvalue weighted by molar-refractivity contribution is 5.85. The smallest absolute Gasteiger partial charge is 0.222 e. The van der Waals surface area contributed by atoms with E-state index in [1.807, 2.05) is 31.2 Å². The highest BCUT2D eigenvalue weighted by atomic mass is 35.5. The van der Waals surface area contributed by atoms with Crippen molar-refractivity contribution in [3.63, 3.8) is 0 Å². The normalized spacial score (nSPS) is 11.4. The van der Waals surface area contributed by atoms with Gasteiger partial charge >= 0.3 is 0 Å². The average Bonchev–Trinajstić information content (AvgIpc) is 2.43. The lowest BCUT2D eigenvalue weighted by atomic mass is 10.1. The molecule has 108 valence electrons. The van der Waals surface area contributed by atoms with Gasteiger partial charge in [-0.1, -0.05) is 12.1 Å². The topological polar surface area (TPSA) is 55.6 Å². The second kappa shape index (κ2) is 8.77. The number of aryl methyl sites for hydroxylation is 1. The summed E-state index contributed by atoms with van der Waals surface area (Å²) >= 11 is 0. The van der Waals surface area contributed by atoms with E-state index in [1.54, 1.807) is 19.1 Å². The van der Waals surface area contributed by atoms with Crippen molar-refractivity contribution in [2.45, 2.75) is 25.8 Å². The van der Waals surface area contributed by atoms with Crippen molar-refractivity contribution in [2.24, 2.45) is 5.73 Å². The number of ether oxygens (including phenoxy) is 1. The number of nitrogens with zero attached hydrogens (tertiary/aromatic N) is 1. The monoisotopic (exact) mass is 286 g/mol. The minimum Gasteiger partial charge on any atom is -0.497 e. The summed E-state index contributed by atoms with van der Waals surface area (Å²) in [5.74, 6) is 0.961. The van der Waals surface area contributed by atoms with Gasteiger partial charge in [-0.3, -0.25) is 4.79 Å². The van der Waals surface area contributed by atoms with Crippen LogP contribution in [0.4, 0.5) is 0 Å². The number of halogens is 1. The highest BCUT2D eigenvalue weighted by Crippen LogP contribution is 2.13. The van der Waals surface area contributed by atoms with Gasteiger partial charge in [0.25, 0.3) is 0 Å². The number of benzene rings is 1. The standard InChI is InChI=1S/C14H22N2O2.ClH/c1-11(10-15)16(2)14(17)9-6-12-4-7-13(18-3)8-5-12;/h4-5,7-8,11H,6,9-10,15H2,1-3H3;1H. The Labute approximate surface area is 121 Å². The van der Waals surface area contributed by atoms with Crippen LogP contribution in [0.25, 0.3) is 0 Å². The molecule has 0 saturated heterocycles. The van der Waals surface area contributed by atoms with Gasteiger partial charge in [-0.2, -0.15) is 0 Å². The number of rotatable bonds is 6. The van der Waals surface area contributed by atoms with Crippen molar-refractivity contribution < 1.29 is 9.53 Å². The van der Waals surface area contributed by atoms with E-state index in [0.717, 1.165) is 17.7 Å². The Morgan fingerprint density at radius 2 is 1.95 bits per heavy atom. The van der Waals surface area contributed by atoms with Gasteiger partial charge in [-0.15, -0.1) is 12.4 Å². The molecule has 1 atom stereocenters. The largest absolute Gasteiger partial charge is 0.497 e. The van der Waals surface area contributed by atoms with Crippen LogP contribution in [0.3, 0.4) is 0 Å². The molecule has 1 amide bonds. The lowest BCUT2D eigenvalue weighted by Crippen LogP contribution is -2.39. The maximum Gasteiger partial charge on any atom is 0.222 e. The molecule has 1 aromatic carbocycles. The maximum atomic E-state index is 11.9. The van der Waals surface area contributed by atoms with Crippen LogP contribution >= 0.6 is 12.4 Å². The molecule has 0 aliphatic rings. The summed E-state index contributed by atoms with van der Waals surface area (Å²) < 4.78 is 5.09. The molecule has 0 radical (unpaired) electrons. The number of carbonyl (C=O) groups excluding carboxylic acids is 1. The second-order valence-electron chi connectivity index (χ2n) is 4.44. The zero-order chi connectivity index (χ0) is 13.5. The molecule has 4 nitrogen and oxygen atoms in total. The van der Waals surface area contributed by atoms with Gasteiger partial charge in [0, 0.05) is 26.1 Å². The first-order chi connectivity index (χ1) is 8.58. The van der Waals surface area contributed by atoms with Gasteiger partial charge in [0.2, 0.25) is 5.91 Å². The Morgan fingerprint density at radius 3 is 2.42 bits per heavy atom. The zero-order valence-electron chi connectivity index (χ0n) is 11.8. The Balaban J connectivity index is 0.00000324. The summed E-state index contributed by atoms with van der Waals surface area (Å²) in [5.41, 5.74) is 6.68. The maximum absolute atomic E-state index is 11.9. The van der Waals surface area contributed by atoms with Crippen LogP contribution in [0.2, 0.25) is 0 Å². The van der Waals surface area contributed by atoms with Crippen molar-refractivity contribution in [3.8, 4) is 5.75 Å². The van der Waals surface area contributed by atoms with Crippen molar-refractivity contribution in [1.82, 2.24) is 4.90 Å². The van der Waals surface area contributed by atoms with Crippen LogP contribution in [0.5, 0.6) is 5.75 Å². The molecule has 0 heterocycles. The third kappa shape index (κ3) is 5.49. The molecule has 5 heteroatoms. The molecule has 19 heavy (non-hydrogen) atoms. The van der Waals surface area contributed by atoms with Crippen molar-refractivity contribution in [1.29, 1.82) is 0 Å². The molecule has 0 aromatic heterocycles. The van der Waals surface area contributed by atoms with Crippen LogP contribution in [-0.2, 0) is 11.2 Å². The quantitative estimate of drug-likeness (QED) is 0.868. The lowest BCUT2D eigenvalue weighted by molar-refractivity contribution is -0.131. The molecule has 0 spiro atoms. The fourth-order valence-corrected chi connectivity index (χ4v) is 1.62. The lowest BCUT2D eigenvalue weighted by Gasteiger charge is -2.23. The number of amides is 1. The molecule has 0 aliphatic carbocycles. The van der Waals surface area contributed by atoms with E-state index >= 15 is 0 Å². The Bertz CT molecular complexity index is 382. The van der Waals surface area contributed by atoms with Crippen LogP contribution in [0, 0.1) is 0 Å². The van der Waals surface area contributed by atoms with Crippen LogP contribution in [0.1, 0.15) is 18.9 Å². The predicted octanol–water partition coefficient (Wildman–Crippen LogP) is 1.86. The third-order valence-electron chi connectivity index (χ3n) is 3.18. The number of methoxy groups -OCH3 is 1. The van der Waals surface area contributed by atoms with E-state index in [1.165, 1.54) is 0 Å². The predicted molar refractivity (Wildman–Crippen MR) is 79.8 cm³/mol. The van der Waals surface area contributed by atoms with E-state index in [0.29, 0.717) is 13.0 Å². The number of likely N-dealkylation sites (N-methyl/N-ethyl adjacent to an activating group) is 1. The molecule has 0 saturated carbocycles. The molecule has 0 aliphatic heterocycles. The van der Waals surface area contributed by atoms with Crippen LogP contribution < -0.4 is 10.5 Å². The van der Waals surface area contributed by atoms with Crippen molar-refractivity contribution >= 4 is 18.3 Å². The van der Waals surface area contributed by atoms with Gasteiger partial charge in [-0.25, -0.2) is 0 Å². The summed E-state index contributed by atoms with van der Waals surface area (Å²) in [5, 5.41) is 0. The average molecular weight is 287 g/mol. The van der Waals surface area contributed by atoms with Crippen molar-refractivity contribution in [3.05, 3.63) is 29.8 Å². The van der Waals surface area contributed by atoms with Gasteiger partial charge in [0.15, 0.2) is 0 Å². The molecular weight excluding hydrogens is 264 g/mol. The summed E-state index contributed by atoms with van der Waals surface area (Å²) in [6.07, 6.45) is 1.25. The Hall–Kier alpha value is -1.26. The van der Waals surface area contributed by atoms with Gasteiger partial charge in [0.1, 0.15) is 5.75 Å². The number of nitrogens with two attached hydrogens (primary N) is 1. The number of hydrogen-bond acceptors (Lipinski definition) is 3. The molecule has 1 rings (SSSR count). The van der Waals surface area contributed by atoms with E-state index in [9.17, 15) is 4.79 Å². The summed E-state index contributed by atoms with van der Waals surface area (Å²) in [7, 11) is 3.44. The Morgan fingerprint density at radius 1 is 1.37 bits per heavy atom. The molecule has 0 fully saturated rings. The summed E-state index contributed by atoms with van der Waals surface area (Å²) in [6.45, 7) is 2.44. The molecule has 2 N–H and O–H groups in total. The third-order valence-corrected chi connectivity index (χ3v) is 3.18.